The zero-order valence-corrected chi connectivity index (χ0v) is 17.2. The molecule has 4 aromatic rings. The molecule has 0 aliphatic heterocycles. The minimum atomic E-state index is -0.460. The number of rotatable bonds is 4. The Hall–Kier alpha value is -3.03. The minimum Gasteiger partial charge on any atom is -0.326 e. The molecule has 0 amide bonds. The van der Waals surface area contributed by atoms with Gasteiger partial charge in [-0.15, -0.1) is 0 Å². The monoisotopic (exact) mass is 429 g/mol. The van der Waals surface area contributed by atoms with E-state index in [9.17, 15) is 9.59 Å². The highest BCUT2D eigenvalue weighted by Gasteiger charge is 2.19. The van der Waals surface area contributed by atoms with Crippen LogP contribution in [0.4, 0.5) is 11.6 Å². The predicted molar refractivity (Wildman–Crippen MR) is 116 cm³/mol. The molecule has 0 bridgehead atoms. The summed E-state index contributed by atoms with van der Waals surface area (Å²) in [6, 6.07) is 14.5. The van der Waals surface area contributed by atoms with Crippen molar-refractivity contribution in [3.05, 3.63) is 85.0 Å². The fraction of sp³-hybridized carbons (Fsp3) is 0.150. The first-order valence-corrected chi connectivity index (χ1v) is 9.54. The Morgan fingerprint density at radius 1 is 0.966 bits per heavy atom. The first kappa shape index (κ1) is 19.3. The van der Waals surface area contributed by atoms with Gasteiger partial charge in [0.25, 0.3) is 5.56 Å². The highest BCUT2D eigenvalue weighted by atomic mass is 35.5. The Morgan fingerprint density at radius 2 is 1.69 bits per heavy atom. The van der Waals surface area contributed by atoms with Crippen LogP contribution in [0.1, 0.15) is 5.56 Å². The lowest BCUT2D eigenvalue weighted by Crippen LogP contribution is -2.39. The second kappa shape index (κ2) is 7.42. The van der Waals surface area contributed by atoms with Gasteiger partial charge in [-0.2, -0.15) is 4.98 Å². The second-order valence-corrected chi connectivity index (χ2v) is 7.45. The van der Waals surface area contributed by atoms with Crippen LogP contribution >= 0.6 is 23.2 Å². The summed E-state index contributed by atoms with van der Waals surface area (Å²) in [4.78, 5) is 30.4. The molecule has 0 radical (unpaired) electrons. The molecule has 1 N–H and O–H groups in total. The zero-order valence-electron chi connectivity index (χ0n) is 15.7. The molecular formula is C20H17Cl2N5O2. The summed E-state index contributed by atoms with van der Waals surface area (Å²) in [5, 5.41) is 3.95. The molecule has 0 atom stereocenters. The molecule has 4 rings (SSSR count). The summed E-state index contributed by atoms with van der Waals surface area (Å²) in [6.07, 6.45) is 0. The average Bonchev–Trinajstić information content (AvgIpc) is 3.03. The molecule has 0 fully saturated rings. The lowest BCUT2D eigenvalue weighted by atomic mass is 10.2. The molecule has 9 heteroatoms. The van der Waals surface area contributed by atoms with E-state index in [1.807, 2.05) is 30.3 Å². The van der Waals surface area contributed by atoms with Gasteiger partial charge in [-0.05, 0) is 29.8 Å². The van der Waals surface area contributed by atoms with Crippen molar-refractivity contribution in [2.45, 2.75) is 6.54 Å². The molecule has 0 spiro atoms. The lowest BCUT2D eigenvalue weighted by Gasteiger charge is -2.09. The van der Waals surface area contributed by atoms with Crippen LogP contribution in [0.5, 0.6) is 0 Å². The van der Waals surface area contributed by atoms with Crippen molar-refractivity contribution >= 4 is 46.0 Å². The van der Waals surface area contributed by atoms with Crippen LogP contribution < -0.4 is 16.6 Å². The molecule has 2 aromatic carbocycles. The Balaban J connectivity index is 1.85. The maximum Gasteiger partial charge on any atom is 0.332 e. The van der Waals surface area contributed by atoms with Gasteiger partial charge in [0.15, 0.2) is 11.2 Å². The van der Waals surface area contributed by atoms with Crippen molar-refractivity contribution < 1.29 is 0 Å². The third-order valence-corrected chi connectivity index (χ3v) is 5.45. The fourth-order valence-electron chi connectivity index (χ4n) is 3.17. The topological polar surface area (TPSA) is 73.8 Å². The third-order valence-electron chi connectivity index (χ3n) is 4.71. The lowest BCUT2D eigenvalue weighted by molar-refractivity contribution is 0.655. The molecule has 0 saturated heterocycles. The van der Waals surface area contributed by atoms with Crippen LogP contribution in [-0.4, -0.2) is 18.7 Å². The predicted octanol–water partition coefficient (Wildman–Crippen LogP) is 3.53. The number of fused-ring (bicyclic) bond motifs is 1. The summed E-state index contributed by atoms with van der Waals surface area (Å²) in [5.41, 5.74) is 1.27. The van der Waals surface area contributed by atoms with E-state index in [0.717, 1.165) is 10.3 Å². The van der Waals surface area contributed by atoms with Crippen LogP contribution in [0.25, 0.3) is 11.2 Å². The van der Waals surface area contributed by atoms with E-state index >= 15 is 0 Å². The Bertz CT molecular complexity index is 1340. The minimum absolute atomic E-state index is 0.0744. The number of hydrogen-bond donors (Lipinski definition) is 1. The molecule has 0 unspecified atom stereocenters. The first-order chi connectivity index (χ1) is 13.9. The second-order valence-electron chi connectivity index (χ2n) is 6.64. The van der Waals surface area contributed by atoms with Crippen LogP contribution in [0.15, 0.2) is 58.1 Å². The number of hydrogen-bond acceptors (Lipinski definition) is 4. The van der Waals surface area contributed by atoms with E-state index in [2.05, 4.69) is 10.3 Å². The van der Waals surface area contributed by atoms with E-state index in [0.29, 0.717) is 32.7 Å². The van der Waals surface area contributed by atoms with Gasteiger partial charge in [0.2, 0.25) is 5.95 Å². The Kier molecular flexibility index (Phi) is 4.94. The summed E-state index contributed by atoms with van der Waals surface area (Å²) in [7, 11) is 3.32. The number of nitrogens with one attached hydrogen (secondary N) is 1. The van der Waals surface area contributed by atoms with Crippen LogP contribution in [0, 0.1) is 0 Å². The zero-order chi connectivity index (χ0) is 20.7. The van der Waals surface area contributed by atoms with Crippen molar-refractivity contribution in [2.75, 3.05) is 5.32 Å². The van der Waals surface area contributed by atoms with Gasteiger partial charge in [-0.3, -0.25) is 13.9 Å². The van der Waals surface area contributed by atoms with Crippen LogP contribution in [-0.2, 0) is 20.6 Å². The van der Waals surface area contributed by atoms with Gasteiger partial charge in [0, 0.05) is 19.8 Å². The third kappa shape index (κ3) is 3.43. The molecular weight excluding hydrogens is 413 g/mol. The molecule has 148 valence electrons. The van der Waals surface area contributed by atoms with E-state index < -0.39 is 11.2 Å². The summed E-state index contributed by atoms with van der Waals surface area (Å²) >= 11 is 12.0. The van der Waals surface area contributed by atoms with E-state index in [1.165, 1.54) is 4.57 Å². The Labute approximate surface area is 175 Å². The van der Waals surface area contributed by atoms with Gasteiger partial charge in [0.05, 0.1) is 16.6 Å². The summed E-state index contributed by atoms with van der Waals surface area (Å²) in [6.45, 7) is 0.0744. The first-order valence-electron chi connectivity index (χ1n) is 8.79. The van der Waals surface area contributed by atoms with Gasteiger partial charge in [-0.25, -0.2) is 4.79 Å². The highest BCUT2D eigenvalue weighted by Crippen LogP contribution is 2.23. The number of aromatic nitrogens is 4. The van der Waals surface area contributed by atoms with E-state index in [-0.39, 0.29) is 6.54 Å². The highest BCUT2D eigenvalue weighted by molar-refractivity contribution is 6.42. The van der Waals surface area contributed by atoms with Crippen LogP contribution in [0.2, 0.25) is 10.0 Å². The van der Waals surface area contributed by atoms with Gasteiger partial charge in [-0.1, -0.05) is 47.5 Å². The molecule has 2 heterocycles. The smallest absolute Gasteiger partial charge is 0.326 e. The molecule has 0 aliphatic rings. The van der Waals surface area contributed by atoms with Gasteiger partial charge >= 0.3 is 5.69 Å². The van der Waals surface area contributed by atoms with Crippen molar-refractivity contribution in [1.29, 1.82) is 0 Å². The van der Waals surface area contributed by atoms with Crippen molar-refractivity contribution in [3.8, 4) is 0 Å². The van der Waals surface area contributed by atoms with Gasteiger partial charge in [0.1, 0.15) is 0 Å². The van der Waals surface area contributed by atoms with Gasteiger partial charge < -0.3 is 9.88 Å². The standard InChI is InChI=1S/C20H17Cl2N5O2/c1-25-16-17(24-19(25)23-13-6-4-3-5-7-13)26(2)20(29)27(18(16)28)11-12-8-9-14(21)15(22)10-12/h3-10H,11H2,1-2H3,(H,23,24). The van der Waals surface area contributed by atoms with Crippen molar-refractivity contribution in [2.24, 2.45) is 14.1 Å². The fourth-order valence-corrected chi connectivity index (χ4v) is 3.49. The molecule has 0 saturated carbocycles. The van der Waals surface area contributed by atoms with Crippen LogP contribution in [0.3, 0.4) is 0 Å². The summed E-state index contributed by atoms with van der Waals surface area (Å²) in [5.74, 6) is 0.464. The number of halogens is 2. The quantitative estimate of drug-likeness (QED) is 0.538. The van der Waals surface area contributed by atoms with E-state index in [1.54, 1.807) is 36.9 Å². The number of aryl methyl sites for hydroxylation is 2. The number of imidazole rings is 1. The van der Waals surface area contributed by atoms with E-state index in [4.69, 9.17) is 23.2 Å². The Morgan fingerprint density at radius 3 is 2.38 bits per heavy atom. The molecule has 0 aliphatic carbocycles. The maximum atomic E-state index is 13.1. The van der Waals surface area contributed by atoms with Crippen molar-refractivity contribution in [3.63, 3.8) is 0 Å². The molecule has 2 aromatic heterocycles. The normalized spacial score (nSPS) is 11.2. The SMILES string of the molecule is Cn1c(Nc2ccccc2)nc2c1c(=O)n(Cc1ccc(Cl)c(Cl)c1)c(=O)n2C. The average molecular weight is 430 g/mol. The number of para-hydroxylation sites is 1. The maximum absolute atomic E-state index is 13.1. The number of benzene rings is 2. The number of anilines is 2. The summed E-state index contributed by atoms with van der Waals surface area (Å²) < 4.78 is 4.18. The number of nitrogens with zero attached hydrogens (tertiary/aromatic N) is 4. The molecule has 29 heavy (non-hydrogen) atoms. The molecule has 7 nitrogen and oxygen atoms in total. The largest absolute Gasteiger partial charge is 0.332 e. The van der Waals surface area contributed by atoms with Crippen molar-refractivity contribution in [1.82, 2.24) is 18.7 Å².